The number of hydrogen-bond acceptors (Lipinski definition) is 3. The molecule has 4 nitrogen and oxygen atoms in total. The third kappa shape index (κ3) is 4.02. The van der Waals surface area contributed by atoms with Crippen molar-refractivity contribution in [2.45, 2.75) is 38.5 Å². The van der Waals surface area contributed by atoms with Crippen molar-refractivity contribution >= 4 is 27.3 Å². The molecule has 6 heteroatoms. The van der Waals surface area contributed by atoms with Crippen molar-refractivity contribution in [2.75, 3.05) is 11.3 Å². The summed E-state index contributed by atoms with van der Waals surface area (Å²) in [6, 6.07) is 10.0. The standard InChI is InChI=1S/C18H22ClNO3S/c1-4-13-7-12-17(19)16(5-2)18(13)20-24(21,22)15-10-8-14(9-11-15)23-6-3/h7-12,20H,4-6H2,1-3H3. The average molecular weight is 368 g/mol. The molecule has 0 aromatic heterocycles. The molecule has 0 saturated carbocycles. The zero-order chi connectivity index (χ0) is 17.7. The Bertz CT molecular complexity index is 802. The normalized spacial score (nSPS) is 11.3. The molecular weight excluding hydrogens is 346 g/mol. The Morgan fingerprint density at radius 1 is 1.00 bits per heavy atom. The van der Waals surface area contributed by atoms with Crippen LogP contribution in [0.2, 0.25) is 5.02 Å². The maximum Gasteiger partial charge on any atom is 0.261 e. The lowest BCUT2D eigenvalue weighted by Crippen LogP contribution is -2.16. The molecular formula is C18H22ClNO3S. The van der Waals surface area contributed by atoms with Crippen molar-refractivity contribution in [2.24, 2.45) is 0 Å². The minimum Gasteiger partial charge on any atom is -0.494 e. The van der Waals surface area contributed by atoms with E-state index in [1.807, 2.05) is 32.9 Å². The van der Waals surface area contributed by atoms with Crippen LogP contribution in [0.3, 0.4) is 0 Å². The van der Waals surface area contributed by atoms with Gasteiger partial charge in [0, 0.05) is 5.02 Å². The van der Waals surface area contributed by atoms with Gasteiger partial charge in [-0.05, 0) is 61.2 Å². The van der Waals surface area contributed by atoms with Gasteiger partial charge >= 0.3 is 0 Å². The zero-order valence-electron chi connectivity index (χ0n) is 14.1. The van der Waals surface area contributed by atoms with Crippen LogP contribution in [0.25, 0.3) is 0 Å². The van der Waals surface area contributed by atoms with Gasteiger partial charge in [-0.25, -0.2) is 8.42 Å². The number of aryl methyl sites for hydroxylation is 1. The molecule has 0 aliphatic heterocycles. The van der Waals surface area contributed by atoms with E-state index in [2.05, 4.69) is 4.72 Å². The van der Waals surface area contributed by atoms with Gasteiger partial charge in [-0.1, -0.05) is 31.5 Å². The van der Waals surface area contributed by atoms with E-state index in [9.17, 15) is 8.42 Å². The van der Waals surface area contributed by atoms with E-state index < -0.39 is 10.0 Å². The highest BCUT2D eigenvalue weighted by atomic mass is 35.5. The Morgan fingerprint density at radius 3 is 2.21 bits per heavy atom. The van der Waals surface area contributed by atoms with Crippen LogP contribution in [0.4, 0.5) is 5.69 Å². The molecule has 0 amide bonds. The van der Waals surface area contributed by atoms with Gasteiger partial charge < -0.3 is 4.74 Å². The fourth-order valence-electron chi connectivity index (χ4n) is 2.51. The minimum absolute atomic E-state index is 0.190. The molecule has 0 saturated heterocycles. The Balaban J connectivity index is 2.40. The first-order valence-corrected chi connectivity index (χ1v) is 9.84. The average Bonchev–Trinajstić information content (AvgIpc) is 2.56. The van der Waals surface area contributed by atoms with E-state index in [0.29, 0.717) is 35.9 Å². The summed E-state index contributed by atoms with van der Waals surface area (Å²) in [5, 5.41) is 0.569. The largest absolute Gasteiger partial charge is 0.494 e. The van der Waals surface area contributed by atoms with E-state index in [1.165, 1.54) is 12.1 Å². The molecule has 130 valence electrons. The van der Waals surface area contributed by atoms with Gasteiger partial charge in [-0.3, -0.25) is 4.72 Å². The van der Waals surface area contributed by atoms with Gasteiger partial charge in [-0.15, -0.1) is 0 Å². The van der Waals surface area contributed by atoms with Crippen LogP contribution < -0.4 is 9.46 Å². The van der Waals surface area contributed by atoms with Crippen molar-refractivity contribution < 1.29 is 13.2 Å². The fourth-order valence-corrected chi connectivity index (χ4v) is 3.94. The van der Waals surface area contributed by atoms with E-state index in [4.69, 9.17) is 16.3 Å². The van der Waals surface area contributed by atoms with Crippen LogP contribution in [0.15, 0.2) is 41.3 Å². The second kappa shape index (κ2) is 7.90. The van der Waals surface area contributed by atoms with Crippen molar-refractivity contribution in [3.8, 4) is 5.75 Å². The second-order valence-corrected chi connectivity index (χ2v) is 7.37. The fraction of sp³-hybridized carbons (Fsp3) is 0.333. The van der Waals surface area contributed by atoms with Gasteiger partial charge in [-0.2, -0.15) is 0 Å². The molecule has 2 aromatic carbocycles. The molecule has 2 aromatic rings. The molecule has 24 heavy (non-hydrogen) atoms. The highest BCUT2D eigenvalue weighted by Gasteiger charge is 2.19. The number of rotatable bonds is 7. The molecule has 0 bridgehead atoms. The predicted molar refractivity (Wildman–Crippen MR) is 98.6 cm³/mol. The van der Waals surface area contributed by atoms with E-state index in [-0.39, 0.29) is 4.90 Å². The first kappa shape index (κ1) is 18.6. The topological polar surface area (TPSA) is 55.4 Å². The minimum atomic E-state index is -3.69. The first-order valence-electron chi connectivity index (χ1n) is 7.98. The number of anilines is 1. The van der Waals surface area contributed by atoms with Gasteiger partial charge in [0.1, 0.15) is 5.75 Å². The molecule has 0 unspecified atom stereocenters. The van der Waals surface area contributed by atoms with E-state index >= 15 is 0 Å². The van der Waals surface area contributed by atoms with Gasteiger partial charge in [0.2, 0.25) is 0 Å². The Hall–Kier alpha value is -1.72. The Kier molecular flexibility index (Phi) is 6.13. The number of nitrogens with one attached hydrogen (secondary N) is 1. The highest BCUT2D eigenvalue weighted by molar-refractivity contribution is 7.92. The summed E-state index contributed by atoms with van der Waals surface area (Å²) < 4.78 is 33.5. The number of sulfonamides is 1. The van der Waals surface area contributed by atoms with Crippen LogP contribution in [-0.4, -0.2) is 15.0 Å². The predicted octanol–water partition coefficient (Wildman–Crippen LogP) is 4.66. The summed E-state index contributed by atoms with van der Waals surface area (Å²) >= 11 is 6.24. The maximum absolute atomic E-state index is 12.7. The third-order valence-corrected chi connectivity index (χ3v) is 5.48. The van der Waals surface area contributed by atoms with Crippen molar-refractivity contribution in [3.63, 3.8) is 0 Å². The van der Waals surface area contributed by atoms with Crippen LogP contribution in [0.5, 0.6) is 5.75 Å². The van der Waals surface area contributed by atoms with E-state index in [0.717, 1.165) is 11.1 Å². The van der Waals surface area contributed by atoms with Crippen LogP contribution in [0, 0.1) is 0 Å². The molecule has 0 aliphatic carbocycles. The molecule has 0 radical (unpaired) electrons. The molecule has 0 fully saturated rings. The summed E-state index contributed by atoms with van der Waals surface area (Å²) in [5.41, 5.74) is 2.32. The lowest BCUT2D eigenvalue weighted by molar-refractivity contribution is 0.340. The van der Waals surface area contributed by atoms with Crippen LogP contribution >= 0.6 is 11.6 Å². The SMILES string of the molecule is CCOc1ccc(S(=O)(=O)Nc2c(CC)ccc(Cl)c2CC)cc1. The Morgan fingerprint density at radius 2 is 1.67 bits per heavy atom. The summed E-state index contributed by atoms with van der Waals surface area (Å²) in [7, 11) is -3.69. The van der Waals surface area contributed by atoms with Gasteiger partial charge in [0.15, 0.2) is 0 Å². The molecule has 0 spiro atoms. The molecule has 2 rings (SSSR count). The first-order chi connectivity index (χ1) is 11.4. The quantitative estimate of drug-likeness (QED) is 0.774. The Labute approximate surface area is 148 Å². The molecule has 0 atom stereocenters. The monoisotopic (exact) mass is 367 g/mol. The third-order valence-electron chi connectivity index (χ3n) is 3.76. The number of hydrogen-bond donors (Lipinski definition) is 1. The molecule has 1 N–H and O–H groups in total. The second-order valence-electron chi connectivity index (χ2n) is 5.28. The number of benzene rings is 2. The van der Waals surface area contributed by atoms with Crippen LogP contribution in [-0.2, 0) is 22.9 Å². The lowest BCUT2D eigenvalue weighted by atomic mass is 10.0. The van der Waals surface area contributed by atoms with Crippen molar-refractivity contribution in [3.05, 3.63) is 52.5 Å². The highest BCUT2D eigenvalue weighted by Crippen LogP contribution is 2.31. The van der Waals surface area contributed by atoms with Crippen LogP contribution in [0.1, 0.15) is 31.9 Å². The zero-order valence-corrected chi connectivity index (χ0v) is 15.7. The summed E-state index contributed by atoms with van der Waals surface area (Å²) in [6.45, 7) is 6.35. The number of ether oxygens (including phenoxy) is 1. The van der Waals surface area contributed by atoms with Gasteiger partial charge in [0.25, 0.3) is 10.0 Å². The summed E-state index contributed by atoms with van der Waals surface area (Å²) in [4.78, 5) is 0.190. The summed E-state index contributed by atoms with van der Waals surface area (Å²) in [6.07, 6.45) is 1.36. The lowest BCUT2D eigenvalue weighted by Gasteiger charge is -2.17. The van der Waals surface area contributed by atoms with Gasteiger partial charge in [0.05, 0.1) is 17.2 Å². The van der Waals surface area contributed by atoms with E-state index in [1.54, 1.807) is 12.1 Å². The smallest absolute Gasteiger partial charge is 0.261 e. The van der Waals surface area contributed by atoms with Crippen molar-refractivity contribution in [1.82, 2.24) is 0 Å². The maximum atomic E-state index is 12.7. The van der Waals surface area contributed by atoms with Crippen molar-refractivity contribution in [1.29, 1.82) is 0 Å². The number of halogens is 1. The molecule has 0 aliphatic rings. The summed E-state index contributed by atoms with van der Waals surface area (Å²) in [5.74, 6) is 0.641. The molecule has 0 heterocycles.